The van der Waals surface area contributed by atoms with Gasteiger partial charge in [-0.25, -0.2) is 0 Å². The number of hydrogen-bond donors (Lipinski definition) is 2. The van der Waals surface area contributed by atoms with Crippen molar-refractivity contribution in [1.82, 2.24) is 10.2 Å². The smallest absolute Gasteiger partial charge is 0.222 e. The molecule has 1 aliphatic heterocycles. The number of rotatable bonds is 8. The van der Waals surface area contributed by atoms with Crippen LogP contribution in [0.15, 0.2) is 0 Å². The second kappa shape index (κ2) is 9.30. The van der Waals surface area contributed by atoms with Crippen LogP contribution in [0.3, 0.4) is 0 Å². The van der Waals surface area contributed by atoms with Gasteiger partial charge in [-0.05, 0) is 32.9 Å². The number of piperidine rings is 1. The molecule has 5 nitrogen and oxygen atoms in total. The standard InChI is InChI=1S/C13H27N3O2/c1-12(11-16-7-3-2-4-8-16)15-13(17)5-9-18-10-6-14/h12H,2-11,14H2,1H3,(H,15,17). The van der Waals surface area contributed by atoms with Gasteiger partial charge in [-0.1, -0.05) is 6.42 Å². The molecule has 0 saturated carbocycles. The van der Waals surface area contributed by atoms with Gasteiger partial charge in [-0.2, -0.15) is 0 Å². The number of likely N-dealkylation sites (tertiary alicyclic amines) is 1. The third kappa shape index (κ3) is 6.93. The van der Waals surface area contributed by atoms with E-state index < -0.39 is 0 Å². The molecule has 1 atom stereocenters. The summed E-state index contributed by atoms with van der Waals surface area (Å²) in [4.78, 5) is 14.0. The van der Waals surface area contributed by atoms with Crippen LogP contribution in [0.4, 0.5) is 0 Å². The van der Waals surface area contributed by atoms with Crippen LogP contribution in [0.5, 0.6) is 0 Å². The first-order chi connectivity index (χ1) is 8.72. The molecule has 1 rings (SSSR count). The van der Waals surface area contributed by atoms with Crippen molar-refractivity contribution in [2.45, 2.75) is 38.6 Å². The predicted octanol–water partition coefficient (Wildman–Crippen LogP) is 0.342. The fourth-order valence-corrected chi connectivity index (χ4v) is 2.27. The van der Waals surface area contributed by atoms with Gasteiger partial charge >= 0.3 is 0 Å². The number of ether oxygens (including phenoxy) is 1. The number of carbonyl (C=O) groups is 1. The molecule has 0 spiro atoms. The van der Waals surface area contributed by atoms with E-state index in [-0.39, 0.29) is 11.9 Å². The summed E-state index contributed by atoms with van der Waals surface area (Å²) in [7, 11) is 0. The fraction of sp³-hybridized carbons (Fsp3) is 0.923. The molecule has 18 heavy (non-hydrogen) atoms. The van der Waals surface area contributed by atoms with Gasteiger partial charge in [0, 0.05) is 25.6 Å². The Bertz CT molecular complexity index is 230. The van der Waals surface area contributed by atoms with E-state index in [2.05, 4.69) is 17.1 Å². The maximum absolute atomic E-state index is 11.6. The molecule has 1 amide bonds. The van der Waals surface area contributed by atoms with Crippen LogP contribution in [0.1, 0.15) is 32.6 Å². The minimum absolute atomic E-state index is 0.0662. The average molecular weight is 257 g/mol. The number of nitrogens with two attached hydrogens (primary N) is 1. The summed E-state index contributed by atoms with van der Waals surface area (Å²) in [5, 5.41) is 3.01. The molecule has 1 heterocycles. The quantitative estimate of drug-likeness (QED) is 0.615. The molecule has 5 heteroatoms. The number of hydrogen-bond acceptors (Lipinski definition) is 4. The van der Waals surface area contributed by atoms with E-state index in [1.54, 1.807) is 0 Å². The maximum Gasteiger partial charge on any atom is 0.222 e. The molecule has 0 aromatic carbocycles. The molecular formula is C13H27N3O2. The molecule has 106 valence electrons. The Hall–Kier alpha value is -0.650. The van der Waals surface area contributed by atoms with Crippen molar-refractivity contribution in [2.24, 2.45) is 5.73 Å². The Morgan fingerprint density at radius 1 is 1.33 bits per heavy atom. The second-order valence-electron chi connectivity index (χ2n) is 4.98. The van der Waals surface area contributed by atoms with Gasteiger partial charge in [-0.15, -0.1) is 0 Å². The summed E-state index contributed by atoms with van der Waals surface area (Å²) in [6.07, 6.45) is 4.33. The fourth-order valence-electron chi connectivity index (χ4n) is 2.27. The minimum Gasteiger partial charge on any atom is -0.380 e. The van der Waals surface area contributed by atoms with Crippen molar-refractivity contribution in [3.8, 4) is 0 Å². The highest BCUT2D eigenvalue weighted by Crippen LogP contribution is 2.08. The van der Waals surface area contributed by atoms with Crippen LogP contribution in [-0.2, 0) is 9.53 Å². The van der Waals surface area contributed by atoms with Crippen molar-refractivity contribution < 1.29 is 9.53 Å². The van der Waals surface area contributed by atoms with E-state index >= 15 is 0 Å². The Labute approximate surface area is 110 Å². The van der Waals surface area contributed by atoms with Crippen molar-refractivity contribution in [3.63, 3.8) is 0 Å². The number of carbonyl (C=O) groups excluding carboxylic acids is 1. The summed E-state index contributed by atoms with van der Waals surface area (Å²) in [6, 6.07) is 0.213. The zero-order chi connectivity index (χ0) is 13.2. The Morgan fingerprint density at radius 3 is 2.72 bits per heavy atom. The SMILES string of the molecule is CC(CN1CCCCC1)NC(=O)CCOCCN. The predicted molar refractivity (Wildman–Crippen MR) is 72.4 cm³/mol. The van der Waals surface area contributed by atoms with Crippen LogP contribution in [0.2, 0.25) is 0 Å². The van der Waals surface area contributed by atoms with Gasteiger partial charge in [0.05, 0.1) is 13.2 Å². The highest BCUT2D eigenvalue weighted by molar-refractivity contribution is 5.76. The Kier molecular flexibility index (Phi) is 7.96. The third-order valence-electron chi connectivity index (χ3n) is 3.12. The molecule has 0 aromatic rings. The minimum atomic E-state index is 0.0662. The van der Waals surface area contributed by atoms with Gasteiger partial charge in [0.2, 0.25) is 5.91 Å². The summed E-state index contributed by atoms with van der Waals surface area (Å²) in [6.45, 7) is 6.84. The number of nitrogens with one attached hydrogen (secondary N) is 1. The van der Waals surface area contributed by atoms with E-state index in [4.69, 9.17) is 10.5 Å². The topological polar surface area (TPSA) is 67.6 Å². The lowest BCUT2D eigenvalue weighted by atomic mass is 10.1. The molecule has 1 aliphatic rings. The van der Waals surface area contributed by atoms with Gasteiger partial charge in [0.15, 0.2) is 0 Å². The first-order valence-electron chi connectivity index (χ1n) is 7.02. The van der Waals surface area contributed by atoms with Crippen LogP contribution in [0.25, 0.3) is 0 Å². The first-order valence-corrected chi connectivity index (χ1v) is 7.02. The lowest BCUT2D eigenvalue weighted by Crippen LogP contribution is -2.43. The van der Waals surface area contributed by atoms with E-state index in [9.17, 15) is 4.79 Å². The zero-order valence-electron chi connectivity index (χ0n) is 11.5. The summed E-state index contributed by atoms with van der Waals surface area (Å²) in [5.41, 5.74) is 5.30. The molecule has 1 saturated heterocycles. The largest absolute Gasteiger partial charge is 0.380 e. The van der Waals surface area contributed by atoms with Gasteiger partial charge in [0.25, 0.3) is 0 Å². The molecule has 1 fully saturated rings. The molecule has 3 N–H and O–H groups in total. The molecule has 0 radical (unpaired) electrons. The van der Waals surface area contributed by atoms with Crippen LogP contribution >= 0.6 is 0 Å². The first kappa shape index (κ1) is 15.4. The normalized spacial score (nSPS) is 18.6. The monoisotopic (exact) mass is 257 g/mol. The van der Waals surface area contributed by atoms with E-state index in [1.807, 2.05) is 0 Å². The van der Waals surface area contributed by atoms with Gasteiger partial charge < -0.3 is 20.7 Å². The van der Waals surface area contributed by atoms with Gasteiger partial charge in [-0.3, -0.25) is 4.79 Å². The maximum atomic E-state index is 11.6. The van der Waals surface area contributed by atoms with Crippen LogP contribution < -0.4 is 11.1 Å². The van der Waals surface area contributed by atoms with Crippen molar-refractivity contribution in [3.05, 3.63) is 0 Å². The van der Waals surface area contributed by atoms with E-state index in [1.165, 1.54) is 32.4 Å². The average Bonchev–Trinajstić information content (AvgIpc) is 2.35. The Morgan fingerprint density at radius 2 is 2.06 bits per heavy atom. The third-order valence-corrected chi connectivity index (χ3v) is 3.12. The number of amides is 1. The highest BCUT2D eigenvalue weighted by atomic mass is 16.5. The van der Waals surface area contributed by atoms with Crippen LogP contribution in [-0.4, -0.2) is 56.2 Å². The van der Waals surface area contributed by atoms with Gasteiger partial charge in [0.1, 0.15) is 0 Å². The molecule has 1 unspecified atom stereocenters. The molecule has 0 bridgehead atoms. The van der Waals surface area contributed by atoms with Crippen molar-refractivity contribution in [1.29, 1.82) is 0 Å². The summed E-state index contributed by atoms with van der Waals surface area (Å²) < 4.78 is 5.19. The van der Waals surface area contributed by atoms with E-state index in [0.717, 1.165) is 6.54 Å². The highest BCUT2D eigenvalue weighted by Gasteiger charge is 2.14. The molecule has 0 aliphatic carbocycles. The zero-order valence-corrected chi connectivity index (χ0v) is 11.5. The second-order valence-corrected chi connectivity index (χ2v) is 4.98. The molecular weight excluding hydrogens is 230 g/mol. The Balaban J connectivity index is 2.06. The van der Waals surface area contributed by atoms with Crippen LogP contribution in [0, 0.1) is 0 Å². The summed E-state index contributed by atoms with van der Waals surface area (Å²) in [5.74, 6) is 0.0662. The number of nitrogens with zero attached hydrogens (tertiary/aromatic N) is 1. The van der Waals surface area contributed by atoms with Crippen molar-refractivity contribution >= 4 is 5.91 Å². The van der Waals surface area contributed by atoms with E-state index in [0.29, 0.717) is 26.2 Å². The summed E-state index contributed by atoms with van der Waals surface area (Å²) >= 11 is 0. The lowest BCUT2D eigenvalue weighted by Gasteiger charge is -2.29. The molecule has 0 aromatic heterocycles. The lowest BCUT2D eigenvalue weighted by molar-refractivity contribution is -0.122. The van der Waals surface area contributed by atoms with Crippen molar-refractivity contribution in [2.75, 3.05) is 39.4 Å².